The summed E-state index contributed by atoms with van der Waals surface area (Å²) >= 11 is 1.71. The van der Waals surface area contributed by atoms with E-state index in [0.29, 0.717) is 6.42 Å². The van der Waals surface area contributed by atoms with Crippen LogP contribution in [0.4, 0.5) is 0 Å². The summed E-state index contributed by atoms with van der Waals surface area (Å²) in [5.41, 5.74) is 0. The summed E-state index contributed by atoms with van der Waals surface area (Å²) in [4.78, 5) is 16.4. The van der Waals surface area contributed by atoms with Crippen molar-refractivity contribution in [2.24, 2.45) is 5.92 Å². The molecule has 2 rings (SSSR count). The largest absolute Gasteiger partial charge is 0.395 e. The van der Waals surface area contributed by atoms with Gasteiger partial charge in [-0.05, 0) is 38.1 Å². The molecule has 0 spiro atoms. The highest BCUT2D eigenvalue weighted by molar-refractivity contribution is 7.12. The van der Waals surface area contributed by atoms with Gasteiger partial charge in [-0.15, -0.1) is 11.3 Å². The second-order valence-electron chi connectivity index (χ2n) is 5.21. The zero-order chi connectivity index (χ0) is 15.1. The van der Waals surface area contributed by atoms with Crippen LogP contribution in [-0.2, 0) is 11.3 Å². The van der Waals surface area contributed by atoms with Crippen LogP contribution in [0.25, 0.3) is 0 Å². The van der Waals surface area contributed by atoms with Gasteiger partial charge in [0.1, 0.15) is 0 Å². The van der Waals surface area contributed by atoms with Gasteiger partial charge in [0.25, 0.3) is 0 Å². The Morgan fingerprint density at radius 3 is 2.90 bits per heavy atom. The van der Waals surface area contributed by atoms with Crippen molar-refractivity contribution in [3.63, 3.8) is 0 Å². The number of likely N-dealkylation sites (tertiary alicyclic amines) is 1. The van der Waals surface area contributed by atoms with E-state index in [9.17, 15) is 4.79 Å². The van der Waals surface area contributed by atoms with E-state index in [0.717, 1.165) is 37.4 Å². The van der Waals surface area contributed by atoms with Gasteiger partial charge in [0.05, 0.1) is 11.5 Å². The van der Waals surface area contributed by atoms with Crippen LogP contribution in [0.3, 0.4) is 0 Å². The summed E-state index contributed by atoms with van der Waals surface area (Å²) in [6, 6.07) is 4.17. The molecule has 21 heavy (non-hydrogen) atoms. The van der Waals surface area contributed by atoms with Gasteiger partial charge in [-0.2, -0.15) is 0 Å². The topological polar surface area (TPSA) is 52.6 Å². The number of carbonyl (C=O) groups excluding carboxylic acids is 1. The molecule has 0 aromatic carbocycles. The number of thiophene rings is 1. The second-order valence-corrected chi connectivity index (χ2v) is 6.37. The lowest BCUT2D eigenvalue weighted by molar-refractivity contribution is -0.125. The minimum Gasteiger partial charge on any atom is -0.395 e. The molecule has 114 valence electrons. The van der Waals surface area contributed by atoms with E-state index >= 15 is 0 Å². The minimum atomic E-state index is 0.117. The number of nitrogens with zero attached hydrogens (tertiary/aromatic N) is 1. The predicted molar refractivity (Wildman–Crippen MR) is 85.0 cm³/mol. The second kappa shape index (κ2) is 8.18. The first-order valence-electron chi connectivity index (χ1n) is 7.35. The number of piperidine rings is 1. The standard InChI is InChI=1S/C16H22N2O2S/c1-17-16(20)13-7-9-18(10-8-13)12-15-6-5-14(21-15)4-2-3-11-19/h5-6,13,19H,3,7-12H2,1H3,(H,17,20). The predicted octanol–water partition coefficient (Wildman–Crippen LogP) is 1.44. The van der Waals surface area contributed by atoms with Gasteiger partial charge in [-0.1, -0.05) is 11.8 Å². The van der Waals surface area contributed by atoms with E-state index in [-0.39, 0.29) is 18.4 Å². The summed E-state index contributed by atoms with van der Waals surface area (Å²) < 4.78 is 0. The highest BCUT2D eigenvalue weighted by Crippen LogP contribution is 2.22. The van der Waals surface area contributed by atoms with Gasteiger partial charge in [-0.3, -0.25) is 9.69 Å². The van der Waals surface area contributed by atoms with Crippen LogP contribution >= 0.6 is 11.3 Å². The average Bonchev–Trinajstić information content (AvgIpc) is 2.95. The smallest absolute Gasteiger partial charge is 0.222 e. The zero-order valence-corrected chi connectivity index (χ0v) is 13.2. The lowest BCUT2D eigenvalue weighted by Crippen LogP contribution is -2.39. The van der Waals surface area contributed by atoms with E-state index < -0.39 is 0 Å². The van der Waals surface area contributed by atoms with Crippen LogP contribution in [-0.4, -0.2) is 42.7 Å². The Balaban J connectivity index is 1.81. The van der Waals surface area contributed by atoms with Crippen LogP contribution in [0.2, 0.25) is 0 Å². The third-order valence-corrected chi connectivity index (χ3v) is 4.68. The first-order valence-corrected chi connectivity index (χ1v) is 8.17. The van der Waals surface area contributed by atoms with Crippen molar-refractivity contribution in [2.45, 2.75) is 25.8 Å². The summed E-state index contributed by atoms with van der Waals surface area (Å²) in [6.45, 7) is 3.00. The molecule has 1 aromatic heterocycles. The molecule has 1 aromatic rings. The van der Waals surface area contributed by atoms with Crippen molar-refractivity contribution >= 4 is 17.2 Å². The molecule has 0 radical (unpaired) electrons. The Morgan fingerprint density at radius 2 is 2.24 bits per heavy atom. The van der Waals surface area contributed by atoms with Crippen LogP contribution < -0.4 is 5.32 Å². The van der Waals surface area contributed by atoms with Crippen molar-refractivity contribution in [1.29, 1.82) is 0 Å². The summed E-state index contributed by atoms with van der Waals surface area (Å²) in [6.07, 6.45) is 2.41. The van der Waals surface area contributed by atoms with Crippen molar-refractivity contribution < 1.29 is 9.90 Å². The van der Waals surface area contributed by atoms with Gasteiger partial charge in [-0.25, -0.2) is 0 Å². The van der Waals surface area contributed by atoms with Gasteiger partial charge in [0, 0.05) is 30.8 Å². The number of hydrogen-bond donors (Lipinski definition) is 2. The molecule has 1 aliphatic rings. The fourth-order valence-electron chi connectivity index (χ4n) is 2.51. The van der Waals surface area contributed by atoms with E-state index in [2.05, 4.69) is 28.1 Å². The van der Waals surface area contributed by atoms with Gasteiger partial charge < -0.3 is 10.4 Å². The van der Waals surface area contributed by atoms with Crippen molar-refractivity contribution in [3.8, 4) is 11.8 Å². The highest BCUT2D eigenvalue weighted by Gasteiger charge is 2.24. The number of hydrogen-bond acceptors (Lipinski definition) is 4. The first kappa shape index (κ1) is 16.0. The fraction of sp³-hybridized carbons (Fsp3) is 0.562. The van der Waals surface area contributed by atoms with Crippen LogP contribution in [0, 0.1) is 17.8 Å². The van der Waals surface area contributed by atoms with Crippen molar-refractivity contribution in [2.75, 3.05) is 26.7 Å². The number of nitrogens with one attached hydrogen (secondary N) is 1. The molecular formula is C16H22N2O2S. The van der Waals surface area contributed by atoms with Crippen molar-refractivity contribution in [3.05, 3.63) is 21.9 Å². The molecule has 1 fully saturated rings. The van der Waals surface area contributed by atoms with Gasteiger partial charge in [0.15, 0.2) is 0 Å². The van der Waals surface area contributed by atoms with Crippen LogP contribution in [0.1, 0.15) is 29.0 Å². The molecule has 1 amide bonds. The van der Waals surface area contributed by atoms with E-state index in [1.165, 1.54) is 4.88 Å². The molecule has 0 atom stereocenters. The van der Waals surface area contributed by atoms with Crippen molar-refractivity contribution in [1.82, 2.24) is 10.2 Å². The average molecular weight is 306 g/mol. The Hall–Kier alpha value is -1.35. The fourth-order valence-corrected chi connectivity index (χ4v) is 3.44. The molecular weight excluding hydrogens is 284 g/mol. The summed E-state index contributed by atoms with van der Waals surface area (Å²) in [5.74, 6) is 6.36. The molecule has 5 heteroatoms. The Bertz CT molecular complexity index is 522. The Kier molecular flexibility index (Phi) is 6.24. The number of aliphatic hydroxyl groups is 1. The lowest BCUT2D eigenvalue weighted by Gasteiger charge is -2.30. The maximum absolute atomic E-state index is 11.6. The maximum atomic E-state index is 11.6. The summed E-state index contributed by atoms with van der Waals surface area (Å²) in [7, 11) is 1.71. The lowest BCUT2D eigenvalue weighted by atomic mass is 9.96. The number of aliphatic hydroxyl groups excluding tert-OH is 1. The van der Waals surface area contributed by atoms with E-state index in [4.69, 9.17) is 5.11 Å². The zero-order valence-electron chi connectivity index (χ0n) is 12.4. The number of carbonyl (C=O) groups is 1. The van der Waals surface area contributed by atoms with Gasteiger partial charge >= 0.3 is 0 Å². The quantitative estimate of drug-likeness (QED) is 0.828. The van der Waals surface area contributed by atoms with Gasteiger partial charge in [0.2, 0.25) is 5.91 Å². The molecule has 0 bridgehead atoms. The molecule has 0 unspecified atom stereocenters. The molecule has 2 heterocycles. The first-order chi connectivity index (χ1) is 10.2. The highest BCUT2D eigenvalue weighted by atomic mass is 32.1. The monoisotopic (exact) mass is 306 g/mol. The third-order valence-electron chi connectivity index (χ3n) is 3.69. The molecule has 0 saturated carbocycles. The Labute approximate surface area is 130 Å². The van der Waals surface area contributed by atoms with E-state index in [1.54, 1.807) is 18.4 Å². The van der Waals surface area contributed by atoms with Crippen LogP contribution in [0.15, 0.2) is 12.1 Å². The van der Waals surface area contributed by atoms with E-state index in [1.807, 2.05) is 6.07 Å². The SMILES string of the molecule is CNC(=O)C1CCN(Cc2ccc(C#CCCO)s2)CC1. The molecule has 4 nitrogen and oxygen atoms in total. The minimum absolute atomic E-state index is 0.117. The Morgan fingerprint density at radius 1 is 1.48 bits per heavy atom. The molecule has 0 aliphatic carbocycles. The molecule has 1 saturated heterocycles. The molecule has 1 aliphatic heterocycles. The third kappa shape index (κ3) is 4.85. The number of rotatable bonds is 4. The molecule has 2 N–H and O–H groups in total. The normalized spacial score (nSPS) is 16.3. The maximum Gasteiger partial charge on any atom is 0.222 e. The number of amides is 1. The van der Waals surface area contributed by atoms with Crippen LogP contribution in [0.5, 0.6) is 0 Å². The summed E-state index contributed by atoms with van der Waals surface area (Å²) in [5, 5.41) is 11.4.